The summed E-state index contributed by atoms with van der Waals surface area (Å²) in [5.74, 6) is 0.0407. The number of hydrogen-bond donors (Lipinski definition) is 0. The molecule has 0 spiro atoms. The molecule has 2 nitrogen and oxygen atoms in total. The Hall–Kier alpha value is -0.880. The lowest BCUT2D eigenvalue weighted by Crippen LogP contribution is -2.27. The minimum absolute atomic E-state index is 0.0407. The Kier molecular flexibility index (Phi) is 5.21. The Labute approximate surface area is 141 Å². The van der Waals surface area contributed by atoms with Gasteiger partial charge in [-0.15, -0.1) is 0 Å². The van der Waals surface area contributed by atoms with E-state index in [-0.39, 0.29) is 5.91 Å². The van der Waals surface area contributed by atoms with Crippen LogP contribution in [0.2, 0.25) is 0 Å². The highest BCUT2D eigenvalue weighted by atomic mass is 127. The highest BCUT2D eigenvalue weighted by Crippen LogP contribution is 2.20. The maximum Gasteiger partial charge on any atom is 0.255 e. The van der Waals surface area contributed by atoms with Crippen molar-refractivity contribution in [3.05, 3.63) is 67.2 Å². The quantitative estimate of drug-likeness (QED) is 0.633. The molecule has 2 aromatic rings. The highest BCUT2D eigenvalue weighted by molar-refractivity contribution is 14.1. The fraction of sp³-hybridized carbons (Fsp3) is 0.188. The van der Waals surface area contributed by atoms with Crippen molar-refractivity contribution in [3.8, 4) is 0 Å². The van der Waals surface area contributed by atoms with Gasteiger partial charge in [-0.2, -0.15) is 0 Å². The van der Waals surface area contributed by atoms with E-state index in [1.54, 1.807) is 4.90 Å². The van der Waals surface area contributed by atoms with Crippen molar-refractivity contribution in [3.63, 3.8) is 0 Å². The smallest absolute Gasteiger partial charge is 0.255 e. The predicted octanol–water partition coefficient (Wildman–Crippen LogP) is 4.63. The number of nitrogens with zero attached hydrogens (tertiary/aromatic N) is 1. The van der Waals surface area contributed by atoms with Crippen LogP contribution in [0, 0.1) is 10.5 Å². The molecule has 104 valence electrons. The van der Waals surface area contributed by atoms with Crippen molar-refractivity contribution < 1.29 is 4.79 Å². The van der Waals surface area contributed by atoms with E-state index in [2.05, 4.69) is 57.6 Å². The molecule has 0 fully saturated rings. The second kappa shape index (κ2) is 6.72. The van der Waals surface area contributed by atoms with E-state index < -0.39 is 0 Å². The Morgan fingerprint density at radius 1 is 1.25 bits per heavy atom. The van der Waals surface area contributed by atoms with Gasteiger partial charge in [0.1, 0.15) is 0 Å². The van der Waals surface area contributed by atoms with Crippen LogP contribution in [0.5, 0.6) is 0 Å². The molecular formula is C16H15BrINO. The number of rotatable bonds is 3. The molecule has 0 aliphatic heterocycles. The SMILES string of the molecule is Cc1ccccc1CN(C)C(=O)c1cc(Br)ccc1I. The standard InChI is InChI=1S/C16H15BrINO/c1-11-5-3-4-6-12(11)10-19(2)16(20)14-9-13(17)7-8-15(14)18/h3-9H,10H2,1-2H3. The number of carbonyl (C=O) groups is 1. The zero-order chi connectivity index (χ0) is 14.7. The number of hydrogen-bond acceptors (Lipinski definition) is 1. The molecule has 0 aliphatic rings. The van der Waals surface area contributed by atoms with Crippen LogP contribution in [0.1, 0.15) is 21.5 Å². The Bertz CT molecular complexity index is 642. The first kappa shape index (κ1) is 15.5. The molecule has 0 aliphatic carbocycles. The minimum atomic E-state index is 0.0407. The van der Waals surface area contributed by atoms with E-state index in [0.717, 1.165) is 13.6 Å². The largest absolute Gasteiger partial charge is 0.337 e. The molecule has 0 bridgehead atoms. The second-order valence-electron chi connectivity index (χ2n) is 4.71. The lowest BCUT2D eigenvalue weighted by Gasteiger charge is -2.19. The molecule has 4 heteroatoms. The molecule has 2 rings (SSSR count). The lowest BCUT2D eigenvalue weighted by molar-refractivity contribution is 0.0784. The summed E-state index contributed by atoms with van der Waals surface area (Å²) in [6.45, 7) is 2.69. The molecule has 2 aromatic carbocycles. The predicted molar refractivity (Wildman–Crippen MR) is 93.8 cm³/mol. The zero-order valence-corrected chi connectivity index (χ0v) is 15.1. The van der Waals surface area contributed by atoms with E-state index in [1.165, 1.54) is 11.1 Å². The van der Waals surface area contributed by atoms with Gasteiger partial charge in [0.15, 0.2) is 0 Å². The van der Waals surface area contributed by atoms with Crippen molar-refractivity contribution in [2.75, 3.05) is 7.05 Å². The molecular weight excluding hydrogens is 429 g/mol. The third kappa shape index (κ3) is 3.61. The third-order valence-corrected chi connectivity index (χ3v) is 4.61. The number of carbonyl (C=O) groups excluding carboxylic acids is 1. The average molecular weight is 444 g/mol. The molecule has 0 heterocycles. The van der Waals surface area contributed by atoms with Crippen molar-refractivity contribution >= 4 is 44.4 Å². The summed E-state index contributed by atoms with van der Waals surface area (Å²) in [5.41, 5.74) is 3.11. The molecule has 0 aromatic heterocycles. The number of halogens is 2. The zero-order valence-electron chi connectivity index (χ0n) is 11.4. The van der Waals surface area contributed by atoms with Crippen LogP contribution in [0.15, 0.2) is 46.9 Å². The van der Waals surface area contributed by atoms with Crippen LogP contribution in [0.25, 0.3) is 0 Å². The van der Waals surface area contributed by atoms with E-state index in [0.29, 0.717) is 6.54 Å². The van der Waals surface area contributed by atoms with Gasteiger partial charge in [-0.1, -0.05) is 40.2 Å². The maximum atomic E-state index is 12.5. The normalized spacial score (nSPS) is 10.4. The van der Waals surface area contributed by atoms with Gasteiger partial charge in [0.2, 0.25) is 0 Å². The van der Waals surface area contributed by atoms with Crippen molar-refractivity contribution in [2.24, 2.45) is 0 Å². The Morgan fingerprint density at radius 3 is 2.65 bits per heavy atom. The molecule has 20 heavy (non-hydrogen) atoms. The summed E-state index contributed by atoms with van der Waals surface area (Å²) in [5, 5.41) is 0. The van der Waals surface area contributed by atoms with Gasteiger partial charge in [-0.25, -0.2) is 0 Å². The lowest BCUT2D eigenvalue weighted by atomic mass is 10.1. The first-order valence-corrected chi connectivity index (χ1v) is 8.11. The van der Waals surface area contributed by atoms with E-state index >= 15 is 0 Å². The van der Waals surface area contributed by atoms with Crippen LogP contribution in [-0.2, 0) is 6.54 Å². The van der Waals surface area contributed by atoms with Crippen molar-refractivity contribution in [1.29, 1.82) is 0 Å². The molecule has 0 atom stereocenters. The number of aryl methyl sites for hydroxylation is 1. The van der Waals surface area contributed by atoms with Crippen LogP contribution in [0.4, 0.5) is 0 Å². The summed E-state index contributed by atoms with van der Waals surface area (Å²) < 4.78 is 1.89. The monoisotopic (exact) mass is 443 g/mol. The highest BCUT2D eigenvalue weighted by Gasteiger charge is 2.16. The van der Waals surface area contributed by atoms with E-state index in [1.807, 2.05) is 37.4 Å². The molecule has 0 saturated carbocycles. The van der Waals surface area contributed by atoms with Crippen molar-refractivity contribution in [1.82, 2.24) is 4.90 Å². The second-order valence-corrected chi connectivity index (χ2v) is 6.79. The number of benzene rings is 2. The van der Waals surface area contributed by atoms with Gasteiger partial charge in [0.05, 0.1) is 5.56 Å². The Balaban J connectivity index is 2.21. The van der Waals surface area contributed by atoms with Gasteiger partial charge in [0, 0.05) is 21.6 Å². The summed E-state index contributed by atoms with van der Waals surface area (Å²) >= 11 is 5.61. The fourth-order valence-corrected chi connectivity index (χ4v) is 2.91. The van der Waals surface area contributed by atoms with Gasteiger partial charge < -0.3 is 4.90 Å². The first-order chi connectivity index (χ1) is 9.49. The van der Waals surface area contributed by atoms with Gasteiger partial charge >= 0.3 is 0 Å². The Morgan fingerprint density at radius 2 is 1.95 bits per heavy atom. The summed E-state index contributed by atoms with van der Waals surface area (Å²) in [7, 11) is 1.84. The minimum Gasteiger partial charge on any atom is -0.337 e. The topological polar surface area (TPSA) is 20.3 Å². The average Bonchev–Trinajstić information content (AvgIpc) is 2.43. The molecule has 0 unspecified atom stereocenters. The van der Waals surface area contributed by atoms with Gasteiger partial charge in [-0.3, -0.25) is 4.79 Å². The maximum absolute atomic E-state index is 12.5. The van der Waals surface area contributed by atoms with Crippen molar-refractivity contribution in [2.45, 2.75) is 13.5 Å². The molecule has 0 saturated heterocycles. The molecule has 1 amide bonds. The molecule has 0 N–H and O–H groups in total. The number of amides is 1. The molecule has 0 radical (unpaired) electrons. The third-order valence-electron chi connectivity index (χ3n) is 3.17. The van der Waals surface area contributed by atoms with Crippen LogP contribution < -0.4 is 0 Å². The fourth-order valence-electron chi connectivity index (χ4n) is 1.98. The summed E-state index contributed by atoms with van der Waals surface area (Å²) in [6.07, 6.45) is 0. The summed E-state index contributed by atoms with van der Waals surface area (Å²) in [4.78, 5) is 14.3. The van der Waals surface area contributed by atoms with E-state index in [9.17, 15) is 4.79 Å². The van der Waals surface area contributed by atoms with Crippen LogP contribution in [-0.4, -0.2) is 17.9 Å². The van der Waals surface area contributed by atoms with Crippen LogP contribution in [0.3, 0.4) is 0 Å². The van der Waals surface area contributed by atoms with Gasteiger partial charge in [0.25, 0.3) is 5.91 Å². The first-order valence-electron chi connectivity index (χ1n) is 6.24. The summed E-state index contributed by atoms with van der Waals surface area (Å²) in [6, 6.07) is 13.9. The van der Waals surface area contributed by atoms with Gasteiger partial charge in [-0.05, 0) is 58.8 Å². The van der Waals surface area contributed by atoms with E-state index in [4.69, 9.17) is 0 Å². The van der Waals surface area contributed by atoms with Crippen LogP contribution >= 0.6 is 38.5 Å².